The molecule has 0 bridgehead atoms. The molecule has 0 heterocycles. The second kappa shape index (κ2) is 13.5. The lowest BCUT2D eigenvalue weighted by Crippen LogP contribution is -1.95. The van der Waals surface area contributed by atoms with Gasteiger partial charge in [0.1, 0.15) is 0 Å². The van der Waals surface area contributed by atoms with Crippen molar-refractivity contribution in [3.05, 3.63) is 34.9 Å². The Labute approximate surface area is 142 Å². The van der Waals surface area contributed by atoms with Crippen LogP contribution in [0.1, 0.15) is 76.0 Å². The van der Waals surface area contributed by atoms with Crippen molar-refractivity contribution in [1.82, 2.24) is 0 Å². The number of benzene rings is 1. The maximum Gasteiger partial charge on any atom is -0.00976 e. The minimum atomic E-state index is 1.12. The molecule has 0 saturated carbocycles. The molecule has 0 aliphatic heterocycles. The molecule has 0 amide bonds. The van der Waals surface area contributed by atoms with Crippen LogP contribution in [-0.2, 0) is 18.7 Å². The third-order valence-corrected chi connectivity index (χ3v) is 6.81. The number of rotatable bonds is 13. The average Bonchev–Trinajstić information content (AvgIpc) is 2.55. The van der Waals surface area contributed by atoms with Gasteiger partial charge in [-0.3, -0.25) is 0 Å². The van der Waals surface area contributed by atoms with Crippen LogP contribution in [0.25, 0.3) is 0 Å². The fraction of sp³-hybridized carbons (Fsp3) is 0.700. The van der Waals surface area contributed by atoms with Crippen LogP contribution in [-0.4, -0.2) is 12.3 Å². The van der Waals surface area contributed by atoms with Gasteiger partial charge >= 0.3 is 0 Å². The molecule has 1 aromatic rings. The van der Waals surface area contributed by atoms with Gasteiger partial charge in [0, 0.05) is 0 Å². The second-order valence-corrected chi connectivity index (χ2v) is 8.97. The van der Waals surface area contributed by atoms with Crippen LogP contribution in [0.2, 0.25) is 0 Å². The minimum Gasteiger partial charge on any atom is -0.118 e. The van der Waals surface area contributed by atoms with Crippen LogP contribution in [0.5, 0.6) is 0 Å². The van der Waals surface area contributed by atoms with E-state index in [1.165, 1.54) is 69.6 Å². The van der Waals surface area contributed by atoms with Gasteiger partial charge in [-0.15, -0.1) is 17.2 Å². The Morgan fingerprint density at radius 2 is 1.32 bits per heavy atom. The molecule has 2 heteroatoms. The van der Waals surface area contributed by atoms with Gasteiger partial charge in [-0.1, -0.05) is 58.2 Å². The summed E-state index contributed by atoms with van der Waals surface area (Å²) in [5.41, 5.74) is 4.89. The van der Waals surface area contributed by atoms with E-state index in [1.807, 2.05) is 0 Å². The van der Waals surface area contributed by atoms with Crippen molar-refractivity contribution in [3.63, 3.8) is 0 Å². The lowest BCUT2D eigenvalue weighted by Gasteiger charge is -2.12. The monoisotopic (exact) mass is 338 g/mol. The van der Waals surface area contributed by atoms with E-state index in [4.69, 9.17) is 0 Å². The molecule has 126 valence electrons. The number of hydrogen-bond acceptors (Lipinski definition) is 0. The summed E-state index contributed by atoms with van der Waals surface area (Å²) in [6.07, 6.45) is 14.9. The molecule has 0 saturated heterocycles. The largest absolute Gasteiger partial charge is 0.118 e. The van der Waals surface area contributed by atoms with Crippen molar-refractivity contribution in [2.75, 3.05) is 12.3 Å². The molecule has 0 N–H and O–H groups in total. The summed E-state index contributed by atoms with van der Waals surface area (Å²) in [5, 5.41) is 0. The van der Waals surface area contributed by atoms with E-state index in [1.54, 1.807) is 16.7 Å². The Hall–Kier alpha value is 0.0800. The van der Waals surface area contributed by atoms with Crippen LogP contribution < -0.4 is 0 Å². The van der Waals surface area contributed by atoms with E-state index in [0.717, 1.165) is 17.2 Å². The summed E-state index contributed by atoms with van der Waals surface area (Å²) in [5.74, 6) is 0. The molecule has 2 atom stereocenters. The third-order valence-electron chi connectivity index (χ3n) is 4.13. The van der Waals surface area contributed by atoms with E-state index >= 15 is 0 Å². The SMILES string of the molecule is CCCCPCc1ccc(CCCC)cc1CPCCCC. The molecule has 0 nitrogen and oxygen atoms in total. The van der Waals surface area contributed by atoms with E-state index in [0.29, 0.717) is 0 Å². The molecule has 0 aromatic heterocycles. The van der Waals surface area contributed by atoms with Gasteiger partial charge in [0.2, 0.25) is 0 Å². The number of aryl methyl sites for hydroxylation is 1. The van der Waals surface area contributed by atoms with E-state index in [2.05, 4.69) is 39.0 Å². The van der Waals surface area contributed by atoms with Gasteiger partial charge in [-0.2, -0.15) is 0 Å². The molecule has 0 aliphatic carbocycles. The first kappa shape index (κ1) is 20.1. The molecule has 22 heavy (non-hydrogen) atoms. The Morgan fingerprint density at radius 3 is 1.91 bits per heavy atom. The highest BCUT2D eigenvalue weighted by molar-refractivity contribution is 7.37. The molecule has 0 spiro atoms. The normalized spacial score (nSPS) is 12.1. The number of unbranched alkanes of at least 4 members (excludes halogenated alkanes) is 3. The van der Waals surface area contributed by atoms with Gasteiger partial charge in [0.15, 0.2) is 0 Å². The molecular formula is C20H36P2. The topological polar surface area (TPSA) is 0 Å². The summed E-state index contributed by atoms with van der Waals surface area (Å²) in [7, 11) is 2.24. The first-order valence-corrected chi connectivity index (χ1v) is 12.2. The second-order valence-electron chi connectivity index (χ2n) is 6.27. The summed E-state index contributed by atoms with van der Waals surface area (Å²) in [6, 6.07) is 7.38. The van der Waals surface area contributed by atoms with E-state index in [9.17, 15) is 0 Å². The van der Waals surface area contributed by atoms with Crippen LogP contribution >= 0.6 is 17.2 Å². The summed E-state index contributed by atoms with van der Waals surface area (Å²) < 4.78 is 0. The predicted molar refractivity (Wildman–Crippen MR) is 109 cm³/mol. The van der Waals surface area contributed by atoms with Crippen LogP contribution in [0, 0.1) is 0 Å². The maximum absolute atomic E-state index is 2.54. The maximum atomic E-state index is 2.54. The quantitative estimate of drug-likeness (QED) is 0.269. The van der Waals surface area contributed by atoms with Crippen molar-refractivity contribution in [2.24, 2.45) is 0 Å². The summed E-state index contributed by atoms with van der Waals surface area (Å²) in [6.45, 7) is 6.89. The van der Waals surface area contributed by atoms with Gasteiger partial charge in [0.05, 0.1) is 0 Å². The first-order chi connectivity index (χ1) is 10.8. The lowest BCUT2D eigenvalue weighted by atomic mass is 10.0. The molecule has 2 unspecified atom stereocenters. The van der Waals surface area contributed by atoms with Crippen LogP contribution in [0.4, 0.5) is 0 Å². The zero-order valence-electron chi connectivity index (χ0n) is 15.0. The Morgan fingerprint density at radius 1 is 0.727 bits per heavy atom. The fourth-order valence-electron chi connectivity index (χ4n) is 2.60. The molecule has 1 aromatic carbocycles. The van der Waals surface area contributed by atoms with Crippen LogP contribution in [0.15, 0.2) is 18.2 Å². The molecule has 0 aliphatic rings. The smallest absolute Gasteiger partial charge is 0.00976 e. The zero-order valence-corrected chi connectivity index (χ0v) is 17.0. The van der Waals surface area contributed by atoms with Gasteiger partial charge in [-0.05, 0) is 67.0 Å². The summed E-state index contributed by atoms with van der Waals surface area (Å²) >= 11 is 0. The van der Waals surface area contributed by atoms with Gasteiger partial charge in [0.25, 0.3) is 0 Å². The Balaban J connectivity index is 2.61. The highest BCUT2D eigenvalue weighted by Crippen LogP contribution is 2.29. The summed E-state index contributed by atoms with van der Waals surface area (Å²) in [4.78, 5) is 0. The van der Waals surface area contributed by atoms with E-state index in [-0.39, 0.29) is 0 Å². The standard InChI is InChI=1S/C20H36P2/c1-4-7-10-18-11-12-19(16-21-13-8-5-2)20(15-18)17-22-14-9-6-3/h11-12,15,21-22H,4-10,13-14,16-17H2,1-3H3. The molecule has 0 radical (unpaired) electrons. The predicted octanol–water partition coefficient (Wildman–Crippen LogP) is 6.99. The van der Waals surface area contributed by atoms with Gasteiger partial charge < -0.3 is 0 Å². The lowest BCUT2D eigenvalue weighted by molar-refractivity contribution is 0.794. The highest BCUT2D eigenvalue weighted by Gasteiger charge is 2.05. The zero-order chi connectivity index (χ0) is 16.0. The van der Waals surface area contributed by atoms with Gasteiger partial charge in [-0.25, -0.2) is 0 Å². The minimum absolute atomic E-state index is 1.12. The van der Waals surface area contributed by atoms with Crippen molar-refractivity contribution in [3.8, 4) is 0 Å². The first-order valence-electron chi connectivity index (χ1n) is 9.33. The number of hydrogen-bond donors (Lipinski definition) is 0. The average molecular weight is 338 g/mol. The molecule has 0 fully saturated rings. The van der Waals surface area contributed by atoms with Crippen molar-refractivity contribution in [1.29, 1.82) is 0 Å². The molecule has 1 rings (SSSR count). The molecular weight excluding hydrogens is 302 g/mol. The fourth-order valence-corrected chi connectivity index (χ4v) is 5.38. The van der Waals surface area contributed by atoms with Crippen molar-refractivity contribution >= 4 is 17.2 Å². The Bertz CT molecular complexity index is 387. The van der Waals surface area contributed by atoms with Crippen LogP contribution in [0.3, 0.4) is 0 Å². The van der Waals surface area contributed by atoms with Crippen molar-refractivity contribution < 1.29 is 0 Å². The highest BCUT2D eigenvalue weighted by atomic mass is 31.1. The van der Waals surface area contributed by atoms with E-state index < -0.39 is 0 Å². The Kier molecular flexibility index (Phi) is 12.4. The third kappa shape index (κ3) is 8.64. The van der Waals surface area contributed by atoms with Crippen molar-refractivity contribution in [2.45, 2.75) is 78.0 Å².